The first-order valence-corrected chi connectivity index (χ1v) is 10.4. The summed E-state index contributed by atoms with van der Waals surface area (Å²) in [6.07, 6.45) is 7.46. The zero-order valence-electron chi connectivity index (χ0n) is 16.4. The number of amides is 3. The number of hydrogen-bond donors (Lipinski definition) is 3. The number of para-hydroxylation sites is 2. The quantitative estimate of drug-likeness (QED) is 0.734. The molecule has 1 aliphatic heterocycles. The van der Waals surface area contributed by atoms with E-state index in [1.54, 1.807) is 48.5 Å². The zero-order chi connectivity index (χ0) is 20.3. The van der Waals surface area contributed by atoms with Crippen LogP contribution in [0.5, 0.6) is 0 Å². The predicted molar refractivity (Wildman–Crippen MR) is 113 cm³/mol. The van der Waals surface area contributed by atoms with Gasteiger partial charge in [0.05, 0.1) is 5.69 Å². The van der Waals surface area contributed by atoms with Gasteiger partial charge in [-0.15, -0.1) is 0 Å². The van der Waals surface area contributed by atoms with Crippen LogP contribution >= 0.6 is 0 Å². The van der Waals surface area contributed by atoms with Crippen molar-refractivity contribution in [2.45, 2.75) is 56.7 Å². The molecule has 1 fully saturated rings. The molecule has 3 amide bonds. The minimum Gasteiger partial charge on any atom is -0.359 e. The lowest BCUT2D eigenvalue weighted by Gasteiger charge is -2.43. The number of urea groups is 1. The van der Waals surface area contributed by atoms with Crippen molar-refractivity contribution in [3.8, 4) is 0 Å². The van der Waals surface area contributed by atoms with Crippen molar-refractivity contribution < 1.29 is 14.7 Å². The molecular formula is C23H27N3O3. The monoisotopic (exact) mass is 393 g/mol. The standard InChI is InChI=1S/C23H27N3O3/c27-21(24-17-11-5-2-1-3-6-12-17)23(29)19-15-9-10-16-20(19)25-22(28)26(23)18-13-7-4-8-14-18/h4,7-10,13-17,29H,1-3,5-6,11-12H2,(H,24,27)(H,25,28). The number of nitrogens with zero attached hydrogens (tertiary/aromatic N) is 1. The minimum atomic E-state index is -2.12. The average molecular weight is 393 g/mol. The molecule has 0 radical (unpaired) electrons. The van der Waals surface area contributed by atoms with Gasteiger partial charge in [-0.3, -0.25) is 9.69 Å². The van der Waals surface area contributed by atoms with Crippen molar-refractivity contribution in [2.24, 2.45) is 0 Å². The lowest BCUT2D eigenvalue weighted by atomic mass is 9.92. The molecule has 1 atom stereocenters. The summed E-state index contributed by atoms with van der Waals surface area (Å²) in [5.41, 5.74) is -0.857. The molecule has 4 rings (SSSR count). The van der Waals surface area contributed by atoms with E-state index in [1.807, 2.05) is 6.07 Å². The molecule has 1 saturated carbocycles. The second kappa shape index (κ2) is 8.25. The molecule has 0 saturated heterocycles. The largest absolute Gasteiger partial charge is 0.359 e. The molecule has 0 bridgehead atoms. The van der Waals surface area contributed by atoms with Gasteiger partial charge in [0.25, 0.3) is 11.6 Å². The third kappa shape index (κ3) is 3.72. The van der Waals surface area contributed by atoms with Crippen molar-refractivity contribution in [2.75, 3.05) is 10.2 Å². The SMILES string of the molecule is O=C1Nc2ccccc2C(O)(C(=O)NC2CCCCCCC2)N1c1ccccc1. The number of rotatable bonds is 3. The third-order valence-electron chi connectivity index (χ3n) is 5.84. The van der Waals surface area contributed by atoms with Gasteiger partial charge >= 0.3 is 6.03 Å². The van der Waals surface area contributed by atoms with Gasteiger partial charge in [0, 0.05) is 17.3 Å². The number of benzene rings is 2. The highest BCUT2D eigenvalue weighted by Gasteiger charge is 2.52. The second-order valence-corrected chi connectivity index (χ2v) is 7.83. The number of carbonyl (C=O) groups excluding carboxylic acids is 2. The molecule has 29 heavy (non-hydrogen) atoms. The summed E-state index contributed by atoms with van der Waals surface area (Å²) in [5, 5.41) is 17.6. The van der Waals surface area contributed by atoms with Crippen LogP contribution in [0.1, 0.15) is 50.5 Å². The number of aliphatic hydroxyl groups is 1. The van der Waals surface area contributed by atoms with Gasteiger partial charge < -0.3 is 15.7 Å². The van der Waals surface area contributed by atoms with Gasteiger partial charge in [0.1, 0.15) is 0 Å². The van der Waals surface area contributed by atoms with E-state index in [9.17, 15) is 14.7 Å². The Morgan fingerprint density at radius 2 is 1.59 bits per heavy atom. The van der Waals surface area contributed by atoms with Gasteiger partial charge in [-0.2, -0.15) is 0 Å². The minimum absolute atomic E-state index is 0.00148. The Labute approximate surface area is 170 Å². The summed E-state index contributed by atoms with van der Waals surface area (Å²) >= 11 is 0. The normalized spacial score (nSPS) is 22.8. The maximum Gasteiger partial charge on any atom is 0.329 e. The van der Waals surface area contributed by atoms with Crippen LogP contribution in [0.3, 0.4) is 0 Å². The summed E-state index contributed by atoms with van der Waals surface area (Å²) in [7, 11) is 0. The Kier molecular flexibility index (Phi) is 5.53. The van der Waals surface area contributed by atoms with Crippen molar-refractivity contribution in [3.05, 3.63) is 60.2 Å². The summed E-state index contributed by atoms with van der Waals surface area (Å²) in [4.78, 5) is 27.6. The van der Waals surface area contributed by atoms with E-state index in [-0.39, 0.29) is 6.04 Å². The van der Waals surface area contributed by atoms with Crippen LogP contribution < -0.4 is 15.5 Å². The summed E-state index contributed by atoms with van der Waals surface area (Å²) in [5.74, 6) is -0.561. The van der Waals surface area contributed by atoms with E-state index >= 15 is 0 Å². The van der Waals surface area contributed by atoms with E-state index in [0.29, 0.717) is 16.9 Å². The molecule has 6 heteroatoms. The fourth-order valence-corrected chi connectivity index (χ4v) is 4.33. The topological polar surface area (TPSA) is 81.7 Å². The highest BCUT2D eigenvalue weighted by atomic mass is 16.3. The molecule has 1 aliphatic carbocycles. The van der Waals surface area contributed by atoms with Gasteiger partial charge in [0.15, 0.2) is 0 Å². The number of hydrogen-bond acceptors (Lipinski definition) is 3. The molecule has 1 heterocycles. The van der Waals surface area contributed by atoms with E-state index in [1.165, 1.54) is 6.42 Å². The van der Waals surface area contributed by atoms with Crippen LogP contribution in [0.25, 0.3) is 0 Å². The molecule has 0 aromatic heterocycles. The Hall–Kier alpha value is -2.86. The fourth-order valence-electron chi connectivity index (χ4n) is 4.33. The second-order valence-electron chi connectivity index (χ2n) is 7.83. The first-order chi connectivity index (χ1) is 14.1. The van der Waals surface area contributed by atoms with Crippen molar-refractivity contribution in [1.82, 2.24) is 5.32 Å². The van der Waals surface area contributed by atoms with Gasteiger partial charge in [-0.25, -0.2) is 4.79 Å². The number of anilines is 2. The fraction of sp³-hybridized carbons (Fsp3) is 0.391. The molecule has 0 spiro atoms. The molecule has 1 unspecified atom stereocenters. The summed E-state index contributed by atoms with van der Waals surface area (Å²) < 4.78 is 0. The molecule has 152 valence electrons. The number of carbonyl (C=O) groups is 2. The van der Waals surface area contributed by atoms with E-state index in [2.05, 4.69) is 10.6 Å². The molecular weight excluding hydrogens is 366 g/mol. The Balaban J connectivity index is 1.72. The van der Waals surface area contributed by atoms with Gasteiger partial charge in [0.2, 0.25) is 0 Å². The summed E-state index contributed by atoms with van der Waals surface area (Å²) in [6.45, 7) is 0. The lowest BCUT2D eigenvalue weighted by Crippen LogP contribution is -2.63. The van der Waals surface area contributed by atoms with E-state index in [4.69, 9.17) is 0 Å². The van der Waals surface area contributed by atoms with E-state index in [0.717, 1.165) is 43.4 Å². The molecule has 2 aromatic carbocycles. The zero-order valence-corrected chi connectivity index (χ0v) is 16.4. The first kappa shape index (κ1) is 19.5. The van der Waals surface area contributed by atoms with E-state index < -0.39 is 17.7 Å². The van der Waals surface area contributed by atoms with Crippen LogP contribution in [0.15, 0.2) is 54.6 Å². The van der Waals surface area contributed by atoms with Crippen LogP contribution in [0, 0.1) is 0 Å². The van der Waals surface area contributed by atoms with Crippen molar-refractivity contribution >= 4 is 23.3 Å². The average Bonchev–Trinajstić information content (AvgIpc) is 2.70. The Morgan fingerprint density at radius 3 is 2.31 bits per heavy atom. The third-order valence-corrected chi connectivity index (χ3v) is 5.84. The predicted octanol–water partition coefficient (Wildman–Crippen LogP) is 4.11. The smallest absolute Gasteiger partial charge is 0.329 e. The van der Waals surface area contributed by atoms with Gasteiger partial charge in [-0.05, 0) is 31.0 Å². The van der Waals surface area contributed by atoms with Crippen molar-refractivity contribution in [1.29, 1.82) is 0 Å². The van der Waals surface area contributed by atoms with Crippen LogP contribution in [-0.4, -0.2) is 23.1 Å². The van der Waals surface area contributed by atoms with Crippen LogP contribution in [-0.2, 0) is 10.5 Å². The first-order valence-electron chi connectivity index (χ1n) is 10.4. The molecule has 3 N–H and O–H groups in total. The molecule has 6 nitrogen and oxygen atoms in total. The molecule has 2 aromatic rings. The highest BCUT2D eigenvalue weighted by Crippen LogP contribution is 2.39. The highest BCUT2D eigenvalue weighted by molar-refractivity contribution is 6.11. The molecule has 2 aliphatic rings. The van der Waals surface area contributed by atoms with Crippen LogP contribution in [0.4, 0.5) is 16.2 Å². The van der Waals surface area contributed by atoms with Gasteiger partial charge in [-0.1, -0.05) is 68.5 Å². The summed E-state index contributed by atoms with van der Waals surface area (Å²) in [6, 6.07) is 15.2. The maximum absolute atomic E-state index is 13.5. The number of fused-ring (bicyclic) bond motifs is 1. The van der Waals surface area contributed by atoms with Crippen LogP contribution in [0.2, 0.25) is 0 Å². The maximum atomic E-state index is 13.5. The Morgan fingerprint density at radius 1 is 0.966 bits per heavy atom. The Bertz CT molecular complexity index is 878. The van der Waals surface area contributed by atoms with Crippen molar-refractivity contribution in [3.63, 3.8) is 0 Å². The lowest BCUT2D eigenvalue weighted by molar-refractivity contribution is -0.141. The number of nitrogens with one attached hydrogen (secondary N) is 2.